The molecular formula is C19H29N3O4S. The van der Waals surface area contributed by atoms with E-state index >= 15 is 0 Å². The van der Waals surface area contributed by atoms with Gasteiger partial charge in [0.25, 0.3) is 0 Å². The molecule has 1 saturated heterocycles. The van der Waals surface area contributed by atoms with Gasteiger partial charge in [-0.25, -0.2) is 13.2 Å². The average molecular weight is 396 g/mol. The second-order valence-corrected chi connectivity index (χ2v) is 10.4. The van der Waals surface area contributed by atoms with Crippen molar-refractivity contribution in [1.29, 1.82) is 0 Å². The highest BCUT2D eigenvalue weighted by atomic mass is 32.2. The molecule has 2 unspecified atom stereocenters. The topological polar surface area (TPSA) is 87.7 Å². The summed E-state index contributed by atoms with van der Waals surface area (Å²) in [5.74, 6) is 0.339. The van der Waals surface area contributed by atoms with E-state index in [-0.39, 0.29) is 22.5 Å². The molecule has 0 radical (unpaired) electrons. The van der Waals surface area contributed by atoms with E-state index in [0.29, 0.717) is 18.2 Å². The Morgan fingerprint density at radius 3 is 2.52 bits per heavy atom. The van der Waals surface area contributed by atoms with Gasteiger partial charge < -0.3 is 15.4 Å². The number of carbonyl (C=O) groups excluding carboxylic acids is 1. The number of sulfonamides is 1. The van der Waals surface area contributed by atoms with Gasteiger partial charge >= 0.3 is 6.03 Å². The molecule has 2 amide bonds. The Morgan fingerprint density at radius 2 is 2.00 bits per heavy atom. The summed E-state index contributed by atoms with van der Waals surface area (Å²) in [4.78, 5) is 12.8. The second kappa shape index (κ2) is 6.46. The third kappa shape index (κ3) is 3.34. The summed E-state index contributed by atoms with van der Waals surface area (Å²) in [5, 5.41) is 5.88. The zero-order valence-electron chi connectivity index (χ0n) is 16.8. The standard InChI is InChI=1S/C19H29N3O4S/c1-12(2)22(6)27(24,25)15-8-7-13(3)16(9-15)20-17(23)21-19-10-14(19)11-26-18(19,4)5/h7-9,12,14H,10-11H2,1-6H3,(H2,20,21,23). The number of nitrogens with zero attached hydrogens (tertiary/aromatic N) is 1. The Hall–Kier alpha value is -1.64. The van der Waals surface area contributed by atoms with Crippen molar-refractivity contribution < 1.29 is 17.9 Å². The molecule has 1 heterocycles. The first-order valence-electron chi connectivity index (χ1n) is 9.22. The van der Waals surface area contributed by atoms with Crippen LogP contribution in [-0.2, 0) is 14.8 Å². The summed E-state index contributed by atoms with van der Waals surface area (Å²) in [7, 11) is -2.07. The van der Waals surface area contributed by atoms with Crippen LogP contribution in [0.25, 0.3) is 0 Å². The molecule has 2 fully saturated rings. The van der Waals surface area contributed by atoms with Crippen LogP contribution in [0.15, 0.2) is 23.1 Å². The fourth-order valence-corrected chi connectivity index (χ4v) is 5.10. The summed E-state index contributed by atoms with van der Waals surface area (Å²) < 4.78 is 32.5. The maximum Gasteiger partial charge on any atom is 0.319 e. The summed E-state index contributed by atoms with van der Waals surface area (Å²) >= 11 is 0. The van der Waals surface area contributed by atoms with Gasteiger partial charge in [-0.15, -0.1) is 0 Å². The largest absolute Gasteiger partial charge is 0.373 e. The monoisotopic (exact) mass is 395 g/mol. The Balaban J connectivity index is 1.79. The molecular weight excluding hydrogens is 366 g/mol. The predicted molar refractivity (Wildman–Crippen MR) is 104 cm³/mol. The molecule has 0 bridgehead atoms. The Morgan fingerprint density at radius 1 is 1.33 bits per heavy atom. The molecule has 7 nitrogen and oxygen atoms in total. The maximum atomic E-state index is 12.7. The van der Waals surface area contributed by atoms with Gasteiger partial charge in [0.1, 0.15) is 0 Å². The van der Waals surface area contributed by atoms with E-state index < -0.39 is 15.6 Å². The molecule has 1 aromatic rings. The minimum atomic E-state index is -3.62. The SMILES string of the molecule is Cc1ccc(S(=O)(=O)N(C)C(C)C)cc1NC(=O)NC12CC1COC2(C)C. The zero-order chi connectivity index (χ0) is 20.2. The van der Waals surface area contributed by atoms with Crippen LogP contribution < -0.4 is 10.6 Å². The minimum absolute atomic E-state index is 0.159. The van der Waals surface area contributed by atoms with Gasteiger partial charge in [-0.2, -0.15) is 4.31 Å². The van der Waals surface area contributed by atoms with Gasteiger partial charge in [-0.1, -0.05) is 6.07 Å². The van der Waals surface area contributed by atoms with E-state index in [1.54, 1.807) is 19.2 Å². The third-order valence-electron chi connectivity index (χ3n) is 6.02. The second-order valence-electron chi connectivity index (χ2n) is 8.36. The smallest absolute Gasteiger partial charge is 0.319 e. The van der Waals surface area contributed by atoms with Crippen molar-refractivity contribution in [3.05, 3.63) is 23.8 Å². The number of urea groups is 1. The van der Waals surface area contributed by atoms with Gasteiger partial charge in [0, 0.05) is 24.7 Å². The van der Waals surface area contributed by atoms with E-state index in [9.17, 15) is 13.2 Å². The molecule has 1 saturated carbocycles. The van der Waals surface area contributed by atoms with E-state index in [2.05, 4.69) is 10.6 Å². The van der Waals surface area contributed by atoms with Crippen molar-refractivity contribution in [2.45, 2.75) is 63.1 Å². The molecule has 8 heteroatoms. The first-order valence-corrected chi connectivity index (χ1v) is 10.7. The fraction of sp³-hybridized carbons (Fsp3) is 0.632. The third-order valence-corrected chi connectivity index (χ3v) is 8.05. The van der Waals surface area contributed by atoms with Crippen molar-refractivity contribution in [3.8, 4) is 0 Å². The van der Waals surface area contributed by atoms with Crippen molar-refractivity contribution in [2.75, 3.05) is 19.0 Å². The number of fused-ring (bicyclic) bond motifs is 1. The van der Waals surface area contributed by atoms with Gasteiger partial charge in [0.2, 0.25) is 10.0 Å². The Labute approximate surface area is 161 Å². The van der Waals surface area contributed by atoms with Crippen molar-refractivity contribution in [2.24, 2.45) is 5.92 Å². The van der Waals surface area contributed by atoms with Crippen LogP contribution in [0.3, 0.4) is 0 Å². The number of anilines is 1. The molecule has 3 rings (SSSR count). The fourth-order valence-electron chi connectivity index (χ4n) is 3.71. The van der Waals surface area contributed by atoms with Crippen molar-refractivity contribution in [1.82, 2.24) is 9.62 Å². The quantitative estimate of drug-likeness (QED) is 0.802. The van der Waals surface area contributed by atoms with Gasteiger partial charge in [-0.3, -0.25) is 0 Å². The van der Waals surface area contributed by atoms with Crippen LogP contribution in [0.2, 0.25) is 0 Å². The molecule has 2 aliphatic rings. The molecule has 2 atom stereocenters. The van der Waals surface area contributed by atoms with Crippen LogP contribution in [0.1, 0.15) is 39.7 Å². The van der Waals surface area contributed by atoms with Crippen LogP contribution >= 0.6 is 0 Å². The zero-order valence-corrected chi connectivity index (χ0v) is 17.6. The number of aryl methyl sites for hydroxylation is 1. The van der Waals surface area contributed by atoms with Crippen LogP contribution in [0.5, 0.6) is 0 Å². The van der Waals surface area contributed by atoms with E-state index in [1.165, 1.54) is 10.4 Å². The van der Waals surface area contributed by atoms with Gasteiger partial charge in [-0.05, 0) is 58.7 Å². The van der Waals surface area contributed by atoms with E-state index in [1.807, 2.05) is 34.6 Å². The number of benzene rings is 1. The van der Waals surface area contributed by atoms with Crippen LogP contribution in [-0.4, -0.2) is 49.6 Å². The number of ether oxygens (including phenoxy) is 1. The summed E-state index contributed by atoms with van der Waals surface area (Å²) in [6, 6.07) is 4.28. The number of hydrogen-bond acceptors (Lipinski definition) is 4. The molecule has 150 valence electrons. The highest BCUT2D eigenvalue weighted by Gasteiger charge is 2.69. The molecule has 1 aromatic carbocycles. The summed E-state index contributed by atoms with van der Waals surface area (Å²) in [5.41, 5.74) is 0.529. The molecule has 2 N–H and O–H groups in total. The molecule has 1 aliphatic heterocycles. The van der Waals surface area contributed by atoms with Crippen molar-refractivity contribution >= 4 is 21.7 Å². The first-order chi connectivity index (χ1) is 12.4. The summed E-state index contributed by atoms with van der Waals surface area (Å²) in [6.07, 6.45) is 0.903. The van der Waals surface area contributed by atoms with Crippen LogP contribution in [0.4, 0.5) is 10.5 Å². The average Bonchev–Trinajstić information content (AvgIpc) is 3.22. The predicted octanol–water partition coefficient (Wildman–Crippen LogP) is 2.71. The van der Waals surface area contributed by atoms with Crippen LogP contribution in [0, 0.1) is 12.8 Å². The number of amides is 2. The van der Waals surface area contributed by atoms with Crippen molar-refractivity contribution in [3.63, 3.8) is 0 Å². The van der Waals surface area contributed by atoms with E-state index in [0.717, 1.165) is 12.0 Å². The maximum absolute atomic E-state index is 12.7. The highest BCUT2D eigenvalue weighted by molar-refractivity contribution is 7.89. The Kier molecular flexibility index (Phi) is 4.81. The van der Waals surface area contributed by atoms with E-state index in [4.69, 9.17) is 4.74 Å². The molecule has 27 heavy (non-hydrogen) atoms. The lowest BCUT2D eigenvalue weighted by Gasteiger charge is -2.31. The lowest BCUT2D eigenvalue weighted by atomic mass is 9.96. The lowest BCUT2D eigenvalue weighted by Crippen LogP contribution is -2.52. The minimum Gasteiger partial charge on any atom is -0.373 e. The number of hydrogen-bond donors (Lipinski definition) is 2. The summed E-state index contributed by atoms with van der Waals surface area (Å²) in [6.45, 7) is 10.1. The molecule has 0 spiro atoms. The Bertz CT molecular complexity index is 866. The van der Waals surface area contributed by atoms with Gasteiger partial charge in [0.15, 0.2) is 0 Å². The normalized spacial score (nSPS) is 26.1. The molecule has 0 aromatic heterocycles. The first kappa shape index (κ1) is 20.1. The number of carbonyl (C=O) groups is 1. The number of nitrogens with one attached hydrogen (secondary N) is 2. The number of rotatable bonds is 5. The van der Waals surface area contributed by atoms with Gasteiger partial charge in [0.05, 0.1) is 22.6 Å². The lowest BCUT2D eigenvalue weighted by molar-refractivity contribution is -0.00667. The molecule has 1 aliphatic carbocycles. The highest BCUT2D eigenvalue weighted by Crippen LogP contribution is 2.57.